The Kier molecular flexibility index (Phi) is 5.14. The molecular weight excluding hydrogens is 326 g/mol. The molecule has 4 nitrogen and oxygen atoms in total. The monoisotopic (exact) mass is 349 g/mol. The number of rotatable bonds is 5. The second-order valence-electron chi connectivity index (χ2n) is 6.40. The summed E-state index contributed by atoms with van der Waals surface area (Å²) < 4.78 is 0. The molecule has 3 rings (SSSR count). The summed E-state index contributed by atoms with van der Waals surface area (Å²) in [4.78, 5) is 23.5. The Labute approximate surface area is 145 Å². The molecule has 1 saturated heterocycles. The minimum absolute atomic E-state index is 0.209. The molecule has 2 aromatic rings. The van der Waals surface area contributed by atoms with Gasteiger partial charge in [0.25, 0.3) is 5.91 Å². The Balaban J connectivity index is 1.53. The third kappa shape index (κ3) is 3.82. The Morgan fingerprint density at radius 1 is 1.43 bits per heavy atom. The van der Waals surface area contributed by atoms with Crippen LogP contribution < -0.4 is 0 Å². The van der Waals surface area contributed by atoms with Crippen LogP contribution in [0.1, 0.15) is 32.2 Å². The van der Waals surface area contributed by atoms with E-state index in [2.05, 4.69) is 23.9 Å². The summed E-state index contributed by atoms with van der Waals surface area (Å²) in [5.74, 6) is 0.776. The lowest BCUT2D eigenvalue weighted by atomic mass is 10.1. The number of likely N-dealkylation sites (tertiary alicyclic amines) is 1. The van der Waals surface area contributed by atoms with Gasteiger partial charge in [-0.1, -0.05) is 0 Å². The van der Waals surface area contributed by atoms with Crippen LogP contribution in [0.4, 0.5) is 0 Å². The van der Waals surface area contributed by atoms with Crippen LogP contribution in [0.3, 0.4) is 0 Å². The number of thiophene rings is 1. The van der Waals surface area contributed by atoms with E-state index < -0.39 is 0 Å². The molecule has 0 spiro atoms. The van der Waals surface area contributed by atoms with Crippen molar-refractivity contribution < 1.29 is 4.79 Å². The van der Waals surface area contributed by atoms with Gasteiger partial charge < -0.3 is 9.80 Å². The highest BCUT2D eigenvalue weighted by Gasteiger charge is 2.28. The second kappa shape index (κ2) is 7.11. The zero-order valence-electron chi connectivity index (χ0n) is 13.9. The van der Waals surface area contributed by atoms with Crippen LogP contribution in [0.25, 0.3) is 0 Å². The quantitative estimate of drug-likeness (QED) is 0.830. The smallest absolute Gasteiger partial charge is 0.264 e. The standard InChI is InChI=1S/C17H23N3OS2/c1-12-5-7-22-16(12)17(21)20-6-4-14(9-20)8-19(3)10-15-13(2)18-11-23-15/h5,7,11,14H,4,6,8-10H2,1-3H3/t14-/m0/s1. The minimum Gasteiger partial charge on any atom is -0.338 e. The van der Waals surface area contributed by atoms with E-state index in [0.29, 0.717) is 5.92 Å². The van der Waals surface area contributed by atoms with E-state index in [-0.39, 0.29) is 5.91 Å². The van der Waals surface area contributed by atoms with Crippen molar-refractivity contribution in [2.24, 2.45) is 5.92 Å². The van der Waals surface area contributed by atoms with Crippen molar-refractivity contribution in [3.63, 3.8) is 0 Å². The van der Waals surface area contributed by atoms with Crippen LogP contribution >= 0.6 is 22.7 Å². The fourth-order valence-corrected chi connectivity index (χ4v) is 4.88. The predicted molar refractivity (Wildman–Crippen MR) is 96.3 cm³/mol. The Bertz CT molecular complexity index is 679. The van der Waals surface area contributed by atoms with Gasteiger partial charge in [-0.2, -0.15) is 0 Å². The third-order valence-electron chi connectivity index (χ3n) is 4.46. The number of aromatic nitrogens is 1. The van der Waals surface area contributed by atoms with Gasteiger partial charge in [-0.25, -0.2) is 4.98 Å². The number of aryl methyl sites for hydroxylation is 2. The molecule has 0 radical (unpaired) electrons. The van der Waals surface area contributed by atoms with Crippen LogP contribution in [-0.2, 0) is 6.54 Å². The maximum atomic E-state index is 12.6. The molecule has 124 valence electrons. The molecule has 0 unspecified atom stereocenters. The Hall–Kier alpha value is -1.24. The fourth-order valence-electron chi connectivity index (χ4n) is 3.13. The highest BCUT2D eigenvalue weighted by molar-refractivity contribution is 7.12. The molecule has 0 N–H and O–H groups in total. The van der Waals surface area contributed by atoms with E-state index in [1.54, 1.807) is 22.7 Å². The van der Waals surface area contributed by atoms with Gasteiger partial charge in [-0.15, -0.1) is 22.7 Å². The number of hydrogen-bond acceptors (Lipinski definition) is 5. The van der Waals surface area contributed by atoms with Gasteiger partial charge in [0.05, 0.1) is 16.1 Å². The first-order valence-electron chi connectivity index (χ1n) is 7.95. The molecule has 1 atom stereocenters. The Morgan fingerprint density at radius 2 is 2.26 bits per heavy atom. The van der Waals surface area contributed by atoms with Gasteiger partial charge in [0.2, 0.25) is 0 Å². The zero-order chi connectivity index (χ0) is 16.4. The number of carbonyl (C=O) groups is 1. The van der Waals surface area contributed by atoms with Gasteiger partial charge in [-0.05, 0) is 50.2 Å². The Morgan fingerprint density at radius 3 is 2.91 bits per heavy atom. The van der Waals surface area contributed by atoms with Crippen molar-refractivity contribution in [3.8, 4) is 0 Å². The molecule has 1 aliphatic heterocycles. The highest BCUT2D eigenvalue weighted by atomic mass is 32.1. The molecule has 3 heterocycles. The first kappa shape index (κ1) is 16.6. The molecule has 1 amide bonds. The van der Waals surface area contributed by atoms with Crippen LogP contribution in [0, 0.1) is 19.8 Å². The van der Waals surface area contributed by atoms with Crippen molar-refractivity contribution >= 4 is 28.6 Å². The van der Waals surface area contributed by atoms with Gasteiger partial charge >= 0.3 is 0 Å². The summed E-state index contributed by atoms with van der Waals surface area (Å²) in [6.07, 6.45) is 1.10. The predicted octanol–water partition coefficient (Wildman–Crippen LogP) is 3.42. The molecular formula is C17H23N3OS2. The summed E-state index contributed by atoms with van der Waals surface area (Å²) in [6, 6.07) is 2.02. The van der Waals surface area contributed by atoms with Gasteiger partial charge in [0.15, 0.2) is 0 Å². The van der Waals surface area contributed by atoms with E-state index in [1.807, 2.05) is 28.8 Å². The highest BCUT2D eigenvalue weighted by Crippen LogP contribution is 2.24. The molecule has 0 saturated carbocycles. The van der Waals surface area contributed by atoms with E-state index in [1.165, 1.54) is 4.88 Å². The van der Waals surface area contributed by atoms with E-state index >= 15 is 0 Å². The van der Waals surface area contributed by atoms with Crippen LogP contribution in [-0.4, -0.2) is 47.4 Å². The van der Waals surface area contributed by atoms with Gasteiger partial charge in [-0.3, -0.25) is 4.79 Å². The van der Waals surface area contributed by atoms with Crippen LogP contribution in [0.15, 0.2) is 17.0 Å². The second-order valence-corrected chi connectivity index (χ2v) is 8.25. The van der Waals surface area contributed by atoms with Gasteiger partial charge in [0.1, 0.15) is 0 Å². The van der Waals surface area contributed by atoms with Crippen molar-refractivity contribution in [1.29, 1.82) is 0 Å². The molecule has 0 aromatic carbocycles. The molecule has 0 aliphatic carbocycles. The maximum Gasteiger partial charge on any atom is 0.264 e. The lowest BCUT2D eigenvalue weighted by Gasteiger charge is -2.21. The number of amides is 1. The summed E-state index contributed by atoms with van der Waals surface area (Å²) in [7, 11) is 2.16. The summed E-state index contributed by atoms with van der Waals surface area (Å²) in [5.41, 5.74) is 4.15. The van der Waals surface area contributed by atoms with Crippen molar-refractivity contribution in [3.05, 3.63) is 38.0 Å². The topological polar surface area (TPSA) is 36.4 Å². The van der Waals surface area contributed by atoms with Gasteiger partial charge in [0, 0.05) is 31.1 Å². The van der Waals surface area contributed by atoms with E-state index in [0.717, 1.165) is 48.7 Å². The van der Waals surface area contributed by atoms with E-state index in [4.69, 9.17) is 0 Å². The first-order chi connectivity index (χ1) is 11.0. The van der Waals surface area contributed by atoms with Crippen molar-refractivity contribution in [2.45, 2.75) is 26.8 Å². The summed E-state index contributed by atoms with van der Waals surface area (Å²) in [5, 5.41) is 2.00. The average Bonchev–Trinajstić information content (AvgIpc) is 3.22. The maximum absolute atomic E-state index is 12.6. The fraction of sp³-hybridized carbons (Fsp3) is 0.529. The number of thiazole rings is 1. The average molecular weight is 350 g/mol. The number of nitrogens with zero attached hydrogens (tertiary/aromatic N) is 3. The first-order valence-corrected chi connectivity index (χ1v) is 9.71. The molecule has 1 fully saturated rings. The summed E-state index contributed by atoms with van der Waals surface area (Å²) in [6.45, 7) is 7.83. The minimum atomic E-state index is 0.209. The third-order valence-corrected chi connectivity index (χ3v) is 6.38. The van der Waals surface area contributed by atoms with Crippen LogP contribution in [0.2, 0.25) is 0 Å². The van der Waals surface area contributed by atoms with Crippen molar-refractivity contribution in [2.75, 3.05) is 26.7 Å². The lowest BCUT2D eigenvalue weighted by Crippen LogP contribution is -2.31. The lowest BCUT2D eigenvalue weighted by molar-refractivity contribution is 0.0788. The number of carbonyl (C=O) groups excluding carboxylic acids is 1. The zero-order valence-corrected chi connectivity index (χ0v) is 15.5. The normalized spacial score (nSPS) is 18.1. The molecule has 6 heteroatoms. The van der Waals surface area contributed by atoms with Crippen molar-refractivity contribution in [1.82, 2.24) is 14.8 Å². The largest absolute Gasteiger partial charge is 0.338 e. The molecule has 1 aliphatic rings. The summed E-state index contributed by atoms with van der Waals surface area (Å²) >= 11 is 3.28. The SMILES string of the molecule is Cc1ccsc1C(=O)N1CC[C@@H](CN(C)Cc2scnc2C)C1. The van der Waals surface area contributed by atoms with E-state index in [9.17, 15) is 4.79 Å². The molecule has 0 bridgehead atoms. The molecule has 2 aromatic heterocycles. The molecule has 23 heavy (non-hydrogen) atoms. The number of hydrogen-bond donors (Lipinski definition) is 0. The van der Waals surface area contributed by atoms with Crippen LogP contribution in [0.5, 0.6) is 0 Å².